The first kappa shape index (κ1) is 14.6. The van der Waals surface area contributed by atoms with Gasteiger partial charge in [-0.3, -0.25) is 9.59 Å². The maximum atomic E-state index is 12.2. The van der Waals surface area contributed by atoms with Crippen LogP contribution in [0.1, 0.15) is 16.0 Å². The minimum absolute atomic E-state index is 0.280. The first-order valence-corrected chi connectivity index (χ1v) is 7.08. The van der Waals surface area contributed by atoms with Gasteiger partial charge in [-0.2, -0.15) is 0 Å². The summed E-state index contributed by atoms with van der Waals surface area (Å²) in [6.07, 6.45) is 1.32. The summed E-state index contributed by atoms with van der Waals surface area (Å²) < 4.78 is 1.99. The number of thiophene rings is 1. The van der Waals surface area contributed by atoms with Gasteiger partial charge >= 0.3 is 5.97 Å². The third-order valence-corrected chi connectivity index (χ3v) is 4.04. The van der Waals surface area contributed by atoms with E-state index in [9.17, 15) is 9.59 Å². The van der Waals surface area contributed by atoms with Crippen LogP contribution >= 0.6 is 22.9 Å². The van der Waals surface area contributed by atoms with Gasteiger partial charge in [0.2, 0.25) is 0 Å². The van der Waals surface area contributed by atoms with Gasteiger partial charge in [0.25, 0.3) is 5.56 Å². The van der Waals surface area contributed by atoms with Crippen molar-refractivity contribution in [1.82, 2.24) is 4.68 Å². The highest BCUT2D eigenvalue weighted by molar-refractivity contribution is 7.16. The summed E-state index contributed by atoms with van der Waals surface area (Å²) in [5, 5.41) is 8.84. The van der Waals surface area contributed by atoms with Crippen molar-refractivity contribution in [2.24, 2.45) is 0 Å². The highest BCUT2D eigenvalue weighted by atomic mass is 35.5. The Bertz CT molecular complexity index is 693. The molecule has 2 aromatic rings. The van der Waals surface area contributed by atoms with Gasteiger partial charge in [0.05, 0.1) is 17.3 Å². The van der Waals surface area contributed by atoms with Crippen LogP contribution in [0.3, 0.4) is 0 Å². The first-order chi connectivity index (χ1) is 9.47. The van der Waals surface area contributed by atoms with Gasteiger partial charge in [-0.1, -0.05) is 11.6 Å². The predicted molar refractivity (Wildman–Crippen MR) is 79.2 cm³/mol. The molecule has 106 valence electrons. The Morgan fingerprint density at radius 3 is 2.80 bits per heavy atom. The molecule has 0 saturated heterocycles. The zero-order chi connectivity index (χ0) is 14.7. The molecule has 7 heteroatoms. The number of carbonyl (C=O) groups is 1. The van der Waals surface area contributed by atoms with Gasteiger partial charge in [0.15, 0.2) is 0 Å². The lowest BCUT2D eigenvalue weighted by molar-refractivity contribution is -0.136. The number of nitrogens with zero attached hydrogens (tertiary/aromatic N) is 1. The van der Waals surface area contributed by atoms with Crippen LogP contribution in [0, 0.1) is 6.92 Å². The van der Waals surface area contributed by atoms with Crippen LogP contribution in [0.15, 0.2) is 29.2 Å². The van der Waals surface area contributed by atoms with Crippen molar-refractivity contribution >= 4 is 28.9 Å². The molecule has 2 aromatic heterocycles. The molecule has 0 spiro atoms. The van der Waals surface area contributed by atoms with Crippen LogP contribution in [0.4, 0.5) is 0 Å². The van der Waals surface area contributed by atoms with Crippen LogP contribution in [0.25, 0.3) is 0 Å². The monoisotopic (exact) mass is 312 g/mol. The minimum Gasteiger partial charge on any atom is -0.481 e. The van der Waals surface area contributed by atoms with Crippen LogP contribution in [0.5, 0.6) is 0 Å². The smallest absolute Gasteiger partial charge is 0.308 e. The lowest BCUT2D eigenvalue weighted by Gasteiger charge is -2.11. The fraction of sp³-hybridized carbons (Fsp3) is 0.231. The molecule has 0 bridgehead atoms. The van der Waals surface area contributed by atoms with E-state index in [0.717, 1.165) is 4.88 Å². The van der Waals surface area contributed by atoms with Gasteiger partial charge in [0.1, 0.15) is 0 Å². The number of carboxylic acid groups (broad SMARTS) is 1. The lowest BCUT2D eigenvalue weighted by atomic mass is 10.1. The molecule has 2 N–H and O–H groups in total. The molecule has 0 radical (unpaired) electrons. The van der Waals surface area contributed by atoms with E-state index in [1.807, 2.05) is 6.07 Å². The van der Waals surface area contributed by atoms with E-state index in [0.29, 0.717) is 16.4 Å². The molecule has 2 rings (SSSR count). The number of aliphatic carboxylic acids is 1. The normalized spacial score (nSPS) is 10.5. The quantitative estimate of drug-likeness (QED) is 0.888. The molecule has 0 aliphatic carbocycles. The van der Waals surface area contributed by atoms with Crippen LogP contribution in [-0.4, -0.2) is 15.8 Å². The molecule has 5 nitrogen and oxygen atoms in total. The number of aromatic nitrogens is 1. The average Bonchev–Trinajstić information content (AvgIpc) is 2.79. The number of hydrogen-bond acceptors (Lipinski definition) is 4. The van der Waals surface area contributed by atoms with Crippen molar-refractivity contribution in [2.45, 2.75) is 19.9 Å². The standard InChI is InChI=1S/C13H13ClN2O3S/c1-8-4-5-16(13(19)10(8)6-12(17)18)15-7-9-2-3-11(14)20-9/h2-5,15H,6-7H2,1H3,(H,17,18). The summed E-state index contributed by atoms with van der Waals surface area (Å²) in [7, 11) is 0. The van der Waals surface area contributed by atoms with Crippen molar-refractivity contribution in [3.8, 4) is 0 Å². The Balaban J connectivity index is 2.20. The predicted octanol–water partition coefficient (Wildman–Crippen LogP) is 2.24. The van der Waals surface area contributed by atoms with Crippen LogP contribution in [0.2, 0.25) is 4.34 Å². The zero-order valence-corrected chi connectivity index (χ0v) is 12.3. The lowest BCUT2D eigenvalue weighted by Crippen LogP contribution is -2.32. The fourth-order valence-electron chi connectivity index (χ4n) is 1.77. The molecule has 20 heavy (non-hydrogen) atoms. The van der Waals surface area contributed by atoms with E-state index in [1.165, 1.54) is 16.0 Å². The van der Waals surface area contributed by atoms with E-state index >= 15 is 0 Å². The summed E-state index contributed by atoms with van der Waals surface area (Å²) in [6, 6.07) is 5.38. The topological polar surface area (TPSA) is 71.3 Å². The molecule has 2 heterocycles. The number of hydrogen-bond donors (Lipinski definition) is 2. The number of nitrogens with one attached hydrogen (secondary N) is 1. The summed E-state index contributed by atoms with van der Waals surface area (Å²) in [6.45, 7) is 2.18. The summed E-state index contributed by atoms with van der Waals surface area (Å²) in [5.41, 5.74) is 3.57. The molecule has 0 amide bonds. The van der Waals surface area contributed by atoms with E-state index in [2.05, 4.69) is 5.43 Å². The molecule has 0 saturated carbocycles. The second-order valence-corrected chi connectivity index (χ2v) is 6.06. The SMILES string of the molecule is Cc1ccn(NCc2ccc(Cl)s2)c(=O)c1CC(=O)O. The van der Waals surface area contributed by atoms with Crippen molar-refractivity contribution in [1.29, 1.82) is 0 Å². The van der Waals surface area contributed by atoms with E-state index in [1.54, 1.807) is 25.3 Å². The molecule has 0 fully saturated rings. The highest BCUT2D eigenvalue weighted by Crippen LogP contribution is 2.21. The number of rotatable bonds is 5. The summed E-state index contributed by atoms with van der Waals surface area (Å²) in [5.74, 6) is -1.02. The van der Waals surface area contributed by atoms with E-state index in [-0.39, 0.29) is 17.5 Å². The molecular formula is C13H13ClN2O3S. The van der Waals surface area contributed by atoms with Crippen LogP contribution in [-0.2, 0) is 17.8 Å². The van der Waals surface area contributed by atoms with Gasteiger partial charge in [0, 0.05) is 16.6 Å². The molecule has 0 aliphatic heterocycles. The third kappa shape index (κ3) is 3.40. The maximum absolute atomic E-state index is 12.2. The molecule has 0 aliphatic rings. The van der Waals surface area contributed by atoms with Crippen molar-refractivity contribution < 1.29 is 9.90 Å². The second-order valence-electron chi connectivity index (χ2n) is 4.26. The molecule has 0 atom stereocenters. The average molecular weight is 313 g/mol. The van der Waals surface area contributed by atoms with Crippen molar-refractivity contribution in [3.63, 3.8) is 0 Å². The number of carboxylic acids is 1. The summed E-state index contributed by atoms with van der Waals surface area (Å²) in [4.78, 5) is 23.9. The Morgan fingerprint density at radius 2 is 2.20 bits per heavy atom. The van der Waals surface area contributed by atoms with E-state index in [4.69, 9.17) is 16.7 Å². The minimum atomic E-state index is -1.02. The zero-order valence-electron chi connectivity index (χ0n) is 10.7. The number of pyridine rings is 1. The Hall–Kier alpha value is -1.79. The van der Waals surface area contributed by atoms with Gasteiger partial charge in [-0.25, -0.2) is 4.68 Å². The Morgan fingerprint density at radius 1 is 1.45 bits per heavy atom. The fourth-order valence-corrected chi connectivity index (χ4v) is 2.79. The van der Waals surface area contributed by atoms with Crippen LogP contribution < -0.4 is 11.0 Å². The Kier molecular flexibility index (Phi) is 4.46. The molecule has 0 aromatic carbocycles. The third-order valence-electron chi connectivity index (χ3n) is 2.81. The second kappa shape index (κ2) is 6.11. The van der Waals surface area contributed by atoms with Crippen molar-refractivity contribution in [2.75, 3.05) is 5.43 Å². The highest BCUT2D eigenvalue weighted by Gasteiger charge is 2.11. The van der Waals surface area contributed by atoms with Gasteiger partial charge < -0.3 is 10.5 Å². The first-order valence-electron chi connectivity index (χ1n) is 5.88. The maximum Gasteiger partial charge on any atom is 0.308 e. The largest absolute Gasteiger partial charge is 0.481 e. The summed E-state index contributed by atoms with van der Waals surface area (Å²) >= 11 is 7.26. The Labute approximate surface area is 124 Å². The number of aryl methyl sites for hydroxylation is 1. The molecular weight excluding hydrogens is 300 g/mol. The van der Waals surface area contributed by atoms with Gasteiger partial charge in [-0.15, -0.1) is 11.3 Å². The van der Waals surface area contributed by atoms with E-state index < -0.39 is 5.97 Å². The number of halogens is 1. The molecule has 0 unspecified atom stereocenters. The van der Waals surface area contributed by atoms with Crippen molar-refractivity contribution in [3.05, 3.63) is 55.1 Å². The van der Waals surface area contributed by atoms with Gasteiger partial charge in [-0.05, 0) is 30.7 Å².